The van der Waals surface area contributed by atoms with Crippen molar-refractivity contribution in [3.05, 3.63) is 29.2 Å². The molecule has 0 saturated heterocycles. The molecule has 2 N–H and O–H groups in total. The molecular formula is C14H18N4O3S. The summed E-state index contributed by atoms with van der Waals surface area (Å²) in [7, 11) is 0. The van der Waals surface area contributed by atoms with Crippen LogP contribution in [0.15, 0.2) is 23.0 Å². The zero-order valence-corrected chi connectivity index (χ0v) is 13.1. The topological polar surface area (TPSA) is 97.1 Å². The summed E-state index contributed by atoms with van der Waals surface area (Å²) in [4.78, 5) is 23.4. The van der Waals surface area contributed by atoms with Gasteiger partial charge in [0.05, 0.1) is 18.4 Å². The predicted octanol–water partition coefficient (Wildman–Crippen LogP) is 2.23. The number of carbonyl (C=O) groups is 2. The molecule has 2 rings (SSSR count). The van der Waals surface area contributed by atoms with Gasteiger partial charge in [0.2, 0.25) is 11.0 Å². The second kappa shape index (κ2) is 8.28. The van der Waals surface area contributed by atoms with Crippen LogP contribution >= 0.6 is 11.3 Å². The highest BCUT2D eigenvalue weighted by atomic mass is 32.1. The Labute approximate surface area is 132 Å². The van der Waals surface area contributed by atoms with E-state index in [0.717, 1.165) is 30.7 Å². The molecule has 2 heterocycles. The van der Waals surface area contributed by atoms with Crippen LogP contribution in [-0.4, -0.2) is 28.6 Å². The highest BCUT2D eigenvalue weighted by Gasteiger charge is 2.11. The number of amides is 2. The molecule has 7 nitrogen and oxygen atoms in total. The van der Waals surface area contributed by atoms with Gasteiger partial charge in [0.15, 0.2) is 0 Å². The van der Waals surface area contributed by atoms with Crippen LogP contribution in [0.5, 0.6) is 0 Å². The van der Waals surface area contributed by atoms with Crippen molar-refractivity contribution in [1.82, 2.24) is 15.5 Å². The predicted molar refractivity (Wildman–Crippen MR) is 82.8 cm³/mol. The van der Waals surface area contributed by atoms with Gasteiger partial charge in [-0.3, -0.25) is 14.9 Å². The molecule has 0 spiro atoms. The quantitative estimate of drug-likeness (QED) is 0.726. The van der Waals surface area contributed by atoms with Crippen LogP contribution in [0.1, 0.15) is 41.6 Å². The number of unbranched alkanes of at least 4 members (excludes halogenated alkanes) is 2. The molecule has 2 aromatic rings. The molecule has 0 aromatic carbocycles. The number of hydrogen-bond acceptors (Lipinski definition) is 6. The normalized spacial score (nSPS) is 10.4. The SMILES string of the molecule is CCCCCc1nnc(NC(=O)CNC(=O)c2ccoc2)s1. The average Bonchev–Trinajstić information content (AvgIpc) is 3.17. The zero-order chi connectivity index (χ0) is 15.8. The van der Waals surface area contributed by atoms with Crippen molar-refractivity contribution in [3.63, 3.8) is 0 Å². The summed E-state index contributed by atoms with van der Waals surface area (Å²) >= 11 is 1.36. The monoisotopic (exact) mass is 322 g/mol. The van der Waals surface area contributed by atoms with Crippen molar-refractivity contribution in [1.29, 1.82) is 0 Å². The van der Waals surface area contributed by atoms with Gasteiger partial charge in [-0.1, -0.05) is 31.1 Å². The fourth-order valence-electron chi connectivity index (χ4n) is 1.75. The number of aryl methyl sites for hydroxylation is 1. The first-order valence-electron chi connectivity index (χ1n) is 7.11. The lowest BCUT2D eigenvalue weighted by Gasteiger charge is -2.02. The summed E-state index contributed by atoms with van der Waals surface area (Å²) in [5.41, 5.74) is 0.377. The number of nitrogens with one attached hydrogen (secondary N) is 2. The molecular weight excluding hydrogens is 304 g/mol. The number of nitrogens with zero attached hydrogens (tertiary/aromatic N) is 2. The Kier molecular flexibility index (Phi) is 6.08. The molecule has 22 heavy (non-hydrogen) atoms. The fraction of sp³-hybridized carbons (Fsp3) is 0.429. The van der Waals surface area contributed by atoms with Gasteiger partial charge >= 0.3 is 0 Å². The van der Waals surface area contributed by atoms with Crippen LogP contribution < -0.4 is 10.6 Å². The van der Waals surface area contributed by atoms with Gasteiger partial charge in [0.1, 0.15) is 11.3 Å². The molecule has 0 radical (unpaired) electrons. The van der Waals surface area contributed by atoms with Crippen LogP contribution in [-0.2, 0) is 11.2 Å². The average molecular weight is 322 g/mol. The molecule has 118 valence electrons. The van der Waals surface area contributed by atoms with E-state index in [1.54, 1.807) is 0 Å². The molecule has 0 aliphatic rings. The minimum atomic E-state index is -0.360. The van der Waals surface area contributed by atoms with Crippen LogP contribution in [0.25, 0.3) is 0 Å². The summed E-state index contributed by atoms with van der Waals surface area (Å²) < 4.78 is 4.80. The number of hydrogen-bond donors (Lipinski definition) is 2. The number of anilines is 1. The number of aromatic nitrogens is 2. The highest BCUT2D eigenvalue weighted by molar-refractivity contribution is 7.15. The van der Waals surface area contributed by atoms with E-state index in [-0.39, 0.29) is 18.4 Å². The van der Waals surface area contributed by atoms with Crippen LogP contribution in [0, 0.1) is 0 Å². The summed E-state index contributed by atoms with van der Waals surface area (Å²) in [6.45, 7) is 2.01. The molecule has 0 fully saturated rings. The lowest BCUT2D eigenvalue weighted by Crippen LogP contribution is -2.32. The largest absolute Gasteiger partial charge is 0.472 e. The minimum absolute atomic E-state index is 0.130. The van der Waals surface area contributed by atoms with Gasteiger partial charge in [-0.2, -0.15) is 0 Å². The molecule has 0 aliphatic carbocycles. The maximum absolute atomic E-state index is 11.7. The lowest BCUT2D eigenvalue weighted by molar-refractivity contribution is -0.115. The Balaban J connectivity index is 1.74. The van der Waals surface area contributed by atoms with E-state index in [2.05, 4.69) is 27.8 Å². The van der Waals surface area contributed by atoms with Gasteiger partial charge in [0.25, 0.3) is 5.91 Å². The fourth-order valence-corrected chi connectivity index (χ4v) is 2.55. The molecule has 2 amide bonds. The van der Waals surface area contributed by atoms with Gasteiger partial charge < -0.3 is 9.73 Å². The van der Waals surface area contributed by atoms with E-state index in [1.807, 2.05) is 0 Å². The van der Waals surface area contributed by atoms with Crippen molar-refractivity contribution in [2.75, 3.05) is 11.9 Å². The highest BCUT2D eigenvalue weighted by Crippen LogP contribution is 2.17. The first kappa shape index (κ1) is 16.2. The Morgan fingerprint density at radius 1 is 1.32 bits per heavy atom. The molecule has 0 unspecified atom stereocenters. The van der Waals surface area contributed by atoms with Gasteiger partial charge in [-0.25, -0.2) is 0 Å². The molecule has 0 bridgehead atoms. The lowest BCUT2D eigenvalue weighted by atomic mass is 10.2. The molecule has 0 atom stereocenters. The summed E-state index contributed by atoms with van der Waals surface area (Å²) in [5, 5.41) is 14.4. The second-order valence-corrected chi connectivity index (χ2v) is 5.76. The van der Waals surface area contributed by atoms with Crippen molar-refractivity contribution < 1.29 is 14.0 Å². The first-order chi connectivity index (χ1) is 10.7. The number of rotatable bonds is 8. The van der Waals surface area contributed by atoms with Gasteiger partial charge in [-0.05, 0) is 12.5 Å². The van der Waals surface area contributed by atoms with Crippen molar-refractivity contribution in [2.45, 2.75) is 32.6 Å². The van der Waals surface area contributed by atoms with Crippen molar-refractivity contribution in [3.8, 4) is 0 Å². The standard InChI is InChI=1S/C14H18N4O3S/c1-2-3-4-5-12-17-18-14(22-12)16-11(19)8-15-13(20)10-6-7-21-9-10/h6-7,9H,2-5,8H2,1H3,(H,15,20)(H,16,18,19). The van der Waals surface area contributed by atoms with Crippen LogP contribution in [0.3, 0.4) is 0 Å². The maximum Gasteiger partial charge on any atom is 0.254 e. The third-order valence-corrected chi connectivity index (χ3v) is 3.80. The molecule has 8 heteroatoms. The molecule has 0 saturated carbocycles. The second-order valence-electron chi connectivity index (χ2n) is 4.70. The van der Waals surface area contributed by atoms with E-state index in [0.29, 0.717) is 10.7 Å². The van der Waals surface area contributed by atoms with E-state index >= 15 is 0 Å². The third-order valence-electron chi connectivity index (χ3n) is 2.90. The van der Waals surface area contributed by atoms with Crippen LogP contribution in [0.2, 0.25) is 0 Å². The van der Waals surface area contributed by atoms with Gasteiger partial charge in [-0.15, -0.1) is 10.2 Å². The van der Waals surface area contributed by atoms with E-state index in [9.17, 15) is 9.59 Å². The maximum atomic E-state index is 11.7. The summed E-state index contributed by atoms with van der Waals surface area (Å²) in [5.74, 6) is -0.700. The Morgan fingerprint density at radius 2 is 2.18 bits per heavy atom. The third kappa shape index (κ3) is 4.96. The van der Waals surface area contributed by atoms with Gasteiger partial charge in [0, 0.05) is 6.42 Å². The Hall–Kier alpha value is -2.22. The van der Waals surface area contributed by atoms with Crippen molar-refractivity contribution in [2.24, 2.45) is 0 Å². The number of carbonyl (C=O) groups excluding carboxylic acids is 2. The Morgan fingerprint density at radius 3 is 2.91 bits per heavy atom. The zero-order valence-electron chi connectivity index (χ0n) is 12.3. The van der Waals surface area contributed by atoms with E-state index < -0.39 is 0 Å². The Bertz CT molecular complexity index is 609. The molecule has 2 aromatic heterocycles. The summed E-state index contributed by atoms with van der Waals surface area (Å²) in [6.07, 6.45) is 6.97. The minimum Gasteiger partial charge on any atom is -0.472 e. The van der Waals surface area contributed by atoms with Crippen molar-refractivity contribution >= 4 is 28.3 Å². The van der Waals surface area contributed by atoms with E-state index in [4.69, 9.17) is 4.42 Å². The first-order valence-corrected chi connectivity index (χ1v) is 7.93. The van der Waals surface area contributed by atoms with Crippen LogP contribution in [0.4, 0.5) is 5.13 Å². The number of furan rings is 1. The summed E-state index contributed by atoms with van der Waals surface area (Å²) in [6, 6.07) is 1.53. The van der Waals surface area contributed by atoms with E-state index in [1.165, 1.54) is 29.9 Å². The smallest absolute Gasteiger partial charge is 0.254 e. The molecule has 0 aliphatic heterocycles.